The van der Waals surface area contributed by atoms with Crippen molar-refractivity contribution in [3.05, 3.63) is 15.6 Å². The van der Waals surface area contributed by atoms with Gasteiger partial charge in [-0.3, -0.25) is 0 Å². The minimum absolute atomic E-state index is 0.109. The van der Waals surface area contributed by atoms with Gasteiger partial charge in [0.05, 0.1) is 5.69 Å². The molecule has 3 nitrogen and oxygen atoms in total. The molecule has 0 aromatic carbocycles. The topological polar surface area (TPSA) is 48.1 Å². The van der Waals surface area contributed by atoms with E-state index in [0.717, 1.165) is 11.6 Å². The van der Waals surface area contributed by atoms with Crippen LogP contribution in [-0.4, -0.2) is 11.6 Å². The van der Waals surface area contributed by atoms with Gasteiger partial charge in [0.25, 0.3) is 0 Å². The Morgan fingerprint density at radius 1 is 1.60 bits per heavy atom. The minimum Gasteiger partial charge on any atom is -0.372 e. The molecule has 1 aliphatic rings. The van der Waals surface area contributed by atoms with E-state index in [2.05, 4.69) is 11.9 Å². The van der Waals surface area contributed by atoms with Gasteiger partial charge >= 0.3 is 0 Å². The predicted octanol–water partition coefficient (Wildman–Crippen LogP) is 2.58. The summed E-state index contributed by atoms with van der Waals surface area (Å²) in [6.45, 7) is 5.41. The highest BCUT2D eigenvalue weighted by Gasteiger charge is 2.29. The summed E-state index contributed by atoms with van der Waals surface area (Å²) < 4.78 is 5.55. The van der Waals surface area contributed by atoms with Gasteiger partial charge in [-0.05, 0) is 26.7 Å². The Balaban J connectivity index is 2.17. The predicted molar refractivity (Wildman–Crippen MR) is 62.0 cm³/mol. The standard InChI is InChI=1S/C11H18N2OS/c1-3-14-7(2)11-13-10(8-4-5-8)9(6-12)15-11/h7-8H,3-6,12H2,1-2H3. The third-order valence-electron chi connectivity index (χ3n) is 2.66. The lowest BCUT2D eigenvalue weighted by Gasteiger charge is -2.06. The van der Waals surface area contributed by atoms with E-state index in [-0.39, 0.29) is 6.10 Å². The second kappa shape index (κ2) is 4.60. The fraction of sp³-hybridized carbons (Fsp3) is 0.727. The van der Waals surface area contributed by atoms with Crippen LogP contribution in [-0.2, 0) is 11.3 Å². The molecule has 1 aromatic rings. The molecule has 0 amide bonds. The van der Waals surface area contributed by atoms with E-state index in [1.807, 2.05) is 6.92 Å². The van der Waals surface area contributed by atoms with E-state index in [9.17, 15) is 0 Å². The zero-order chi connectivity index (χ0) is 10.8. The molecule has 1 fully saturated rings. The Hall–Kier alpha value is -0.450. The van der Waals surface area contributed by atoms with Crippen molar-refractivity contribution in [2.75, 3.05) is 6.61 Å². The Bertz CT molecular complexity index is 333. The fourth-order valence-electron chi connectivity index (χ4n) is 1.70. The molecule has 0 radical (unpaired) electrons. The third-order valence-corrected chi connectivity index (χ3v) is 3.91. The van der Waals surface area contributed by atoms with Crippen LogP contribution in [0, 0.1) is 0 Å². The van der Waals surface area contributed by atoms with Crippen molar-refractivity contribution in [1.82, 2.24) is 4.98 Å². The molecule has 1 unspecified atom stereocenters. The van der Waals surface area contributed by atoms with Crippen LogP contribution in [0.15, 0.2) is 0 Å². The van der Waals surface area contributed by atoms with Crippen LogP contribution in [0.4, 0.5) is 0 Å². The van der Waals surface area contributed by atoms with E-state index in [4.69, 9.17) is 10.5 Å². The van der Waals surface area contributed by atoms with Gasteiger partial charge < -0.3 is 10.5 Å². The van der Waals surface area contributed by atoms with E-state index in [1.54, 1.807) is 11.3 Å². The van der Waals surface area contributed by atoms with Crippen LogP contribution >= 0.6 is 11.3 Å². The van der Waals surface area contributed by atoms with Crippen LogP contribution in [0.1, 0.15) is 54.3 Å². The van der Waals surface area contributed by atoms with Gasteiger partial charge in [-0.2, -0.15) is 0 Å². The maximum atomic E-state index is 5.73. The highest BCUT2D eigenvalue weighted by Crippen LogP contribution is 2.43. The van der Waals surface area contributed by atoms with Crippen LogP contribution < -0.4 is 5.73 Å². The van der Waals surface area contributed by atoms with E-state index in [0.29, 0.717) is 12.5 Å². The molecular formula is C11H18N2OS. The molecular weight excluding hydrogens is 208 g/mol. The summed E-state index contributed by atoms with van der Waals surface area (Å²) in [4.78, 5) is 5.92. The molecule has 2 N–H and O–H groups in total. The van der Waals surface area contributed by atoms with Crippen LogP contribution in [0.2, 0.25) is 0 Å². The smallest absolute Gasteiger partial charge is 0.122 e. The summed E-state index contributed by atoms with van der Waals surface area (Å²) >= 11 is 1.71. The number of thiazole rings is 1. The molecule has 1 saturated carbocycles. The lowest BCUT2D eigenvalue weighted by molar-refractivity contribution is 0.0761. The Morgan fingerprint density at radius 3 is 2.87 bits per heavy atom. The normalized spacial score (nSPS) is 18.1. The number of nitrogens with two attached hydrogens (primary N) is 1. The van der Waals surface area contributed by atoms with E-state index >= 15 is 0 Å². The third kappa shape index (κ3) is 2.38. The van der Waals surface area contributed by atoms with E-state index in [1.165, 1.54) is 23.4 Å². The van der Waals surface area contributed by atoms with Gasteiger partial charge in [-0.15, -0.1) is 11.3 Å². The lowest BCUT2D eigenvalue weighted by Crippen LogP contribution is -1.99. The molecule has 15 heavy (non-hydrogen) atoms. The molecule has 0 bridgehead atoms. The Kier molecular flexibility index (Phi) is 3.38. The molecule has 4 heteroatoms. The van der Waals surface area contributed by atoms with Crippen molar-refractivity contribution in [2.45, 2.75) is 45.3 Å². The van der Waals surface area contributed by atoms with Crippen LogP contribution in [0.25, 0.3) is 0 Å². The quantitative estimate of drug-likeness (QED) is 0.839. The van der Waals surface area contributed by atoms with Gasteiger partial charge in [0.1, 0.15) is 11.1 Å². The van der Waals surface area contributed by atoms with Gasteiger partial charge in [0.15, 0.2) is 0 Å². The highest BCUT2D eigenvalue weighted by molar-refractivity contribution is 7.11. The summed E-state index contributed by atoms with van der Waals surface area (Å²) in [5.74, 6) is 0.683. The summed E-state index contributed by atoms with van der Waals surface area (Å²) in [6, 6.07) is 0. The maximum absolute atomic E-state index is 5.73. The van der Waals surface area contributed by atoms with Crippen molar-refractivity contribution < 1.29 is 4.74 Å². The zero-order valence-corrected chi connectivity index (χ0v) is 10.1. The number of nitrogens with zero attached hydrogens (tertiary/aromatic N) is 1. The van der Waals surface area contributed by atoms with Gasteiger partial charge in [-0.25, -0.2) is 4.98 Å². The lowest BCUT2D eigenvalue weighted by atomic mass is 10.2. The average molecular weight is 226 g/mol. The molecule has 1 atom stereocenters. The number of ether oxygens (including phenoxy) is 1. The Morgan fingerprint density at radius 2 is 2.33 bits per heavy atom. The van der Waals surface area contributed by atoms with Gasteiger partial charge in [-0.1, -0.05) is 0 Å². The minimum atomic E-state index is 0.109. The van der Waals surface area contributed by atoms with Gasteiger partial charge in [0.2, 0.25) is 0 Å². The largest absolute Gasteiger partial charge is 0.372 e. The first-order valence-electron chi connectivity index (χ1n) is 5.57. The number of rotatable bonds is 5. The maximum Gasteiger partial charge on any atom is 0.122 e. The molecule has 0 aliphatic heterocycles. The summed E-state index contributed by atoms with van der Waals surface area (Å²) in [6.07, 6.45) is 2.66. The summed E-state index contributed by atoms with van der Waals surface area (Å²) in [7, 11) is 0. The molecule has 1 aliphatic carbocycles. The summed E-state index contributed by atoms with van der Waals surface area (Å²) in [5, 5.41) is 1.08. The molecule has 84 valence electrons. The molecule has 1 aromatic heterocycles. The van der Waals surface area contributed by atoms with Gasteiger partial charge in [0, 0.05) is 23.9 Å². The molecule has 1 heterocycles. The van der Waals surface area contributed by atoms with Crippen molar-refractivity contribution in [3.8, 4) is 0 Å². The van der Waals surface area contributed by atoms with E-state index < -0.39 is 0 Å². The SMILES string of the molecule is CCOC(C)c1nc(C2CC2)c(CN)s1. The first-order chi connectivity index (χ1) is 7.26. The zero-order valence-electron chi connectivity index (χ0n) is 9.32. The first kappa shape index (κ1) is 11.0. The monoisotopic (exact) mass is 226 g/mol. The Labute approximate surface area is 94.7 Å². The second-order valence-corrected chi connectivity index (χ2v) is 5.05. The molecule has 0 spiro atoms. The summed E-state index contributed by atoms with van der Waals surface area (Å²) in [5.41, 5.74) is 6.97. The number of hydrogen-bond acceptors (Lipinski definition) is 4. The highest BCUT2D eigenvalue weighted by atomic mass is 32.1. The van der Waals surface area contributed by atoms with Crippen LogP contribution in [0.3, 0.4) is 0 Å². The van der Waals surface area contributed by atoms with Crippen molar-refractivity contribution >= 4 is 11.3 Å². The fourth-order valence-corrected chi connectivity index (χ4v) is 2.73. The van der Waals surface area contributed by atoms with Crippen LogP contribution in [0.5, 0.6) is 0 Å². The van der Waals surface area contributed by atoms with Crippen molar-refractivity contribution in [3.63, 3.8) is 0 Å². The average Bonchev–Trinajstić information content (AvgIpc) is 2.98. The first-order valence-corrected chi connectivity index (χ1v) is 6.39. The molecule has 2 rings (SSSR count). The number of hydrogen-bond donors (Lipinski definition) is 1. The number of aromatic nitrogens is 1. The van der Waals surface area contributed by atoms with Crippen molar-refractivity contribution in [2.24, 2.45) is 5.73 Å². The van der Waals surface area contributed by atoms with Crippen molar-refractivity contribution in [1.29, 1.82) is 0 Å². The molecule has 0 saturated heterocycles. The second-order valence-electron chi connectivity index (χ2n) is 3.94.